The van der Waals surface area contributed by atoms with E-state index in [0.29, 0.717) is 23.5 Å². The third-order valence-electron chi connectivity index (χ3n) is 3.76. The number of benzene rings is 1. The lowest BCUT2D eigenvalue weighted by atomic mass is 10.2. The molecular formula is C18H16N4O3S. The van der Waals surface area contributed by atoms with E-state index in [0.717, 1.165) is 11.3 Å². The summed E-state index contributed by atoms with van der Waals surface area (Å²) >= 11 is 1.22. The fourth-order valence-corrected chi connectivity index (χ4v) is 3.27. The SMILES string of the molecule is Cc1cc(Oc2ncccc2C#N)ccc1NC(=O)CN1CCSC1=O. The van der Waals surface area contributed by atoms with Crippen molar-refractivity contribution < 1.29 is 14.3 Å². The molecule has 0 unspecified atom stereocenters. The molecule has 1 fully saturated rings. The van der Waals surface area contributed by atoms with Crippen LogP contribution in [0, 0.1) is 18.3 Å². The van der Waals surface area contributed by atoms with Crippen LogP contribution in [0.4, 0.5) is 10.5 Å². The Balaban J connectivity index is 1.66. The number of aryl methyl sites for hydroxylation is 1. The maximum atomic E-state index is 12.1. The first kappa shape index (κ1) is 17.8. The summed E-state index contributed by atoms with van der Waals surface area (Å²) in [5.41, 5.74) is 1.78. The van der Waals surface area contributed by atoms with Gasteiger partial charge < -0.3 is 15.0 Å². The quantitative estimate of drug-likeness (QED) is 0.871. The van der Waals surface area contributed by atoms with Gasteiger partial charge in [-0.25, -0.2) is 4.98 Å². The Labute approximate surface area is 155 Å². The number of thioether (sulfide) groups is 1. The molecule has 0 spiro atoms. The lowest BCUT2D eigenvalue weighted by Gasteiger charge is -2.15. The molecule has 7 nitrogen and oxygen atoms in total. The van der Waals surface area contributed by atoms with Crippen molar-refractivity contribution in [3.63, 3.8) is 0 Å². The van der Waals surface area contributed by atoms with Gasteiger partial charge in [0.2, 0.25) is 11.8 Å². The number of aromatic nitrogens is 1. The predicted octanol–water partition coefficient (Wildman–Crippen LogP) is 3.16. The maximum Gasteiger partial charge on any atom is 0.282 e. The van der Waals surface area contributed by atoms with Crippen LogP contribution in [-0.4, -0.2) is 39.9 Å². The number of ether oxygens (including phenoxy) is 1. The van der Waals surface area contributed by atoms with Crippen molar-refractivity contribution in [2.45, 2.75) is 6.92 Å². The summed E-state index contributed by atoms with van der Waals surface area (Å²) in [6.07, 6.45) is 1.55. The van der Waals surface area contributed by atoms with E-state index in [9.17, 15) is 9.59 Å². The molecule has 2 amide bonds. The van der Waals surface area contributed by atoms with E-state index in [1.165, 1.54) is 16.7 Å². The summed E-state index contributed by atoms with van der Waals surface area (Å²) in [6.45, 7) is 2.47. The lowest BCUT2D eigenvalue weighted by molar-refractivity contribution is -0.116. The van der Waals surface area contributed by atoms with Crippen molar-refractivity contribution >= 4 is 28.6 Å². The van der Waals surface area contributed by atoms with E-state index < -0.39 is 0 Å². The van der Waals surface area contributed by atoms with E-state index in [1.54, 1.807) is 36.5 Å². The van der Waals surface area contributed by atoms with Crippen molar-refractivity contribution in [3.05, 3.63) is 47.7 Å². The van der Waals surface area contributed by atoms with E-state index in [-0.39, 0.29) is 23.6 Å². The first-order valence-electron chi connectivity index (χ1n) is 7.92. The van der Waals surface area contributed by atoms with Gasteiger partial charge in [-0.2, -0.15) is 5.26 Å². The van der Waals surface area contributed by atoms with Crippen LogP contribution < -0.4 is 10.1 Å². The standard InChI is InChI=1S/C18H16N4O3S/c1-12-9-14(25-17-13(10-19)3-2-6-20-17)4-5-15(12)21-16(23)11-22-7-8-26-18(22)24/h2-6,9H,7-8,11H2,1H3,(H,21,23). The highest BCUT2D eigenvalue weighted by molar-refractivity contribution is 8.13. The lowest BCUT2D eigenvalue weighted by Crippen LogP contribution is -2.33. The van der Waals surface area contributed by atoms with Crippen molar-refractivity contribution in [1.29, 1.82) is 5.26 Å². The Bertz CT molecular complexity index is 894. The summed E-state index contributed by atoms with van der Waals surface area (Å²) in [5.74, 6) is 1.22. The van der Waals surface area contributed by atoms with Gasteiger partial charge in [-0.3, -0.25) is 9.59 Å². The van der Waals surface area contributed by atoms with Crippen molar-refractivity contribution in [3.8, 4) is 17.7 Å². The summed E-state index contributed by atoms with van der Waals surface area (Å²) in [7, 11) is 0. The summed E-state index contributed by atoms with van der Waals surface area (Å²) in [4.78, 5) is 29.3. The number of rotatable bonds is 5. The molecule has 1 saturated heterocycles. The fraction of sp³-hybridized carbons (Fsp3) is 0.222. The molecule has 132 valence electrons. The summed E-state index contributed by atoms with van der Waals surface area (Å²) in [6, 6.07) is 10.5. The van der Waals surface area contributed by atoms with Crippen LogP contribution in [0.1, 0.15) is 11.1 Å². The second kappa shape index (κ2) is 7.89. The van der Waals surface area contributed by atoms with Crippen LogP contribution >= 0.6 is 11.8 Å². The highest BCUT2D eigenvalue weighted by atomic mass is 32.2. The average molecular weight is 368 g/mol. The van der Waals surface area contributed by atoms with Gasteiger partial charge in [-0.05, 0) is 42.8 Å². The van der Waals surface area contributed by atoms with Crippen LogP contribution in [0.5, 0.6) is 11.6 Å². The zero-order chi connectivity index (χ0) is 18.5. The fourth-order valence-electron chi connectivity index (χ4n) is 2.44. The van der Waals surface area contributed by atoms with Crippen molar-refractivity contribution in [2.24, 2.45) is 0 Å². The molecule has 0 saturated carbocycles. The second-order valence-electron chi connectivity index (χ2n) is 5.63. The van der Waals surface area contributed by atoms with E-state index in [1.807, 2.05) is 13.0 Å². The molecule has 26 heavy (non-hydrogen) atoms. The number of hydrogen-bond donors (Lipinski definition) is 1. The number of anilines is 1. The zero-order valence-electron chi connectivity index (χ0n) is 14.1. The molecule has 1 aromatic heterocycles. The van der Waals surface area contributed by atoms with Gasteiger partial charge in [0, 0.05) is 24.2 Å². The third kappa shape index (κ3) is 4.13. The van der Waals surface area contributed by atoms with Crippen LogP contribution in [-0.2, 0) is 4.79 Å². The molecule has 0 bridgehead atoms. The molecule has 8 heteroatoms. The highest BCUT2D eigenvalue weighted by Crippen LogP contribution is 2.27. The molecule has 2 heterocycles. The molecule has 2 aromatic rings. The van der Waals surface area contributed by atoms with Crippen molar-refractivity contribution in [2.75, 3.05) is 24.2 Å². The minimum absolute atomic E-state index is 0.0446. The number of pyridine rings is 1. The van der Waals surface area contributed by atoms with Crippen LogP contribution in [0.25, 0.3) is 0 Å². The molecule has 0 aliphatic carbocycles. The number of carbonyl (C=O) groups is 2. The van der Waals surface area contributed by atoms with Crippen LogP contribution in [0.15, 0.2) is 36.5 Å². The maximum absolute atomic E-state index is 12.1. The minimum atomic E-state index is -0.242. The average Bonchev–Trinajstić information content (AvgIpc) is 3.02. The summed E-state index contributed by atoms with van der Waals surface area (Å²) in [5, 5.41) is 11.8. The Kier molecular flexibility index (Phi) is 5.39. The predicted molar refractivity (Wildman–Crippen MR) is 98.3 cm³/mol. The second-order valence-corrected chi connectivity index (χ2v) is 6.68. The Morgan fingerprint density at radius 2 is 2.31 bits per heavy atom. The monoisotopic (exact) mass is 368 g/mol. The van der Waals surface area contributed by atoms with Gasteiger partial charge in [0.05, 0.1) is 0 Å². The minimum Gasteiger partial charge on any atom is -0.438 e. The van der Waals surface area contributed by atoms with E-state index in [4.69, 9.17) is 10.00 Å². The Hall–Kier alpha value is -3.05. The number of nitriles is 1. The number of nitrogens with one attached hydrogen (secondary N) is 1. The molecule has 3 rings (SSSR count). The number of carbonyl (C=O) groups excluding carboxylic acids is 2. The van der Waals surface area contributed by atoms with Crippen LogP contribution in [0.3, 0.4) is 0 Å². The molecular weight excluding hydrogens is 352 g/mol. The van der Waals surface area contributed by atoms with E-state index >= 15 is 0 Å². The zero-order valence-corrected chi connectivity index (χ0v) is 14.9. The van der Waals surface area contributed by atoms with Crippen molar-refractivity contribution in [1.82, 2.24) is 9.88 Å². The highest BCUT2D eigenvalue weighted by Gasteiger charge is 2.23. The molecule has 1 aliphatic rings. The number of hydrogen-bond acceptors (Lipinski definition) is 6. The molecule has 0 radical (unpaired) electrons. The first-order valence-corrected chi connectivity index (χ1v) is 8.90. The number of amides is 2. The van der Waals surface area contributed by atoms with Gasteiger partial charge in [0.1, 0.15) is 23.9 Å². The topological polar surface area (TPSA) is 95.3 Å². The molecule has 1 N–H and O–H groups in total. The molecule has 1 aromatic carbocycles. The van der Waals surface area contributed by atoms with Gasteiger partial charge >= 0.3 is 0 Å². The first-order chi connectivity index (χ1) is 12.6. The van der Waals surface area contributed by atoms with Gasteiger partial charge in [-0.1, -0.05) is 11.8 Å². The Morgan fingerprint density at radius 3 is 3.00 bits per heavy atom. The number of nitrogens with zero attached hydrogens (tertiary/aromatic N) is 3. The van der Waals surface area contributed by atoms with E-state index in [2.05, 4.69) is 10.3 Å². The van der Waals surface area contributed by atoms with Gasteiger partial charge in [0.15, 0.2) is 0 Å². The third-order valence-corrected chi connectivity index (χ3v) is 4.65. The van der Waals surface area contributed by atoms with Gasteiger partial charge in [0.25, 0.3) is 5.24 Å². The normalized spacial score (nSPS) is 13.4. The van der Waals surface area contributed by atoms with Crippen LogP contribution in [0.2, 0.25) is 0 Å². The molecule has 1 aliphatic heterocycles. The largest absolute Gasteiger partial charge is 0.438 e. The molecule has 0 atom stereocenters. The van der Waals surface area contributed by atoms with Gasteiger partial charge in [-0.15, -0.1) is 0 Å². The Morgan fingerprint density at radius 1 is 1.46 bits per heavy atom. The smallest absolute Gasteiger partial charge is 0.282 e. The summed E-state index contributed by atoms with van der Waals surface area (Å²) < 4.78 is 5.66.